The van der Waals surface area contributed by atoms with E-state index >= 15 is 0 Å². The van der Waals surface area contributed by atoms with E-state index in [1.807, 2.05) is 28.9 Å². The van der Waals surface area contributed by atoms with Crippen LogP contribution in [-0.4, -0.2) is 14.8 Å². The van der Waals surface area contributed by atoms with E-state index in [1.165, 1.54) is 0 Å². The van der Waals surface area contributed by atoms with Gasteiger partial charge in [0.15, 0.2) is 0 Å². The van der Waals surface area contributed by atoms with Crippen molar-refractivity contribution in [3.8, 4) is 0 Å². The minimum Gasteiger partial charge on any atom is -0.389 e. The molecule has 0 bridgehead atoms. The molecule has 100 valence electrons. The number of anilines is 2. The molecule has 0 aliphatic carbocycles. The molecule has 0 atom stereocenters. The fraction of sp³-hybridized carbons (Fsp3) is 0.231. The second-order valence-corrected chi connectivity index (χ2v) is 5.73. The van der Waals surface area contributed by atoms with Crippen LogP contribution in [0.25, 0.3) is 0 Å². The predicted octanol–water partition coefficient (Wildman–Crippen LogP) is 3.60. The maximum Gasteiger partial charge on any atom is 0.128 e. The van der Waals surface area contributed by atoms with Gasteiger partial charge in [-0.05, 0) is 48.0 Å². The lowest BCUT2D eigenvalue weighted by Crippen LogP contribution is -2.10. The van der Waals surface area contributed by atoms with Gasteiger partial charge in [0.2, 0.25) is 0 Å². The quantitative estimate of drug-likeness (QED) is 0.836. The van der Waals surface area contributed by atoms with Crippen LogP contribution < -0.4 is 11.1 Å². The van der Waals surface area contributed by atoms with Crippen molar-refractivity contribution in [1.29, 1.82) is 0 Å². The Balaban J connectivity index is 2.28. The summed E-state index contributed by atoms with van der Waals surface area (Å²) in [4.78, 5) is 0.388. The Kier molecular flexibility index (Phi) is 4.21. The van der Waals surface area contributed by atoms with E-state index in [4.69, 9.17) is 18.0 Å². The molecule has 4 nitrogen and oxygen atoms in total. The van der Waals surface area contributed by atoms with E-state index in [9.17, 15) is 0 Å². The predicted molar refractivity (Wildman–Crippen MR) is 85.9 cm³/mol. The second kappa shape index (κ2) is 5.71. The van der Waals surface area contributed by atoms with Crippen molar-refractivity contribution in [3.05, 3.63) is 40.5 Å². The Bertz CT molecular complexity index is 606. The Labute approximate surface area is 126 Å². The van der Waals surface area contributed by atoms with Crippen molar-refractivity contribution in [3.63, 3.8) is 0 Å². The van der Waals surface area contributed by atoms with Crippen LogP contribution in [0.5, 0.6) is 0 Å². The van der Waals surface area contributed by atoms with Crippen molar-refractivity contribution in [2.24, 2.45) is 5.73 Å². The van der Waals surface area contributed by atoms with E-state index in [1.54, 1.807) is 6.20 Å². The third-order valence-electron chi connectivity index (χ3n) is 2.68. The van der Waals surface area contributed by atoms with E-state index in [0.717, 1.165) is 21.5 Å². The molecule has 0 unspecified atom stereocenters. The third-order valence-corrected chi connectivity index (χ3v) is 3.57. The third kappa shape index (κ3) is 3.13. The van der Waals surface area contributed by atoms with Gasteiger partial charge in [-0.1, -0.05) is 12.2 Å². The molecule has 0 saturated heterocycles. The molecule has 0 saturated carbocycles. The summed E-state index contributed by atoms with van der Waals surface area (Å²) in [5, 5.41) is 7.62. The Morgan fingerprint density at radius 3 is 2.74 bits per heavy atom. The lowest BCUT2D eigenvalue weighted by atomic mass is 10.2. The highest BCUT2D eigenvalue weighted by molar-refractivity contribution is 9.10. The number of thiocarbonyl (C=S) groups is 1. The highest BCUT2D eigenvalue weighted by atomic mass is 79.9. The van der Waals surface area contributed by atoms with Gasteiger partial charge in [-0.25, -0.2) is 4.68 Å². The number of benzene rings is 1. The first-order valence-corrected chi connectivity index (χ1v) is 7.09. The number of hydrogen-bond donors (Lipinski definition) is 2. The van der Waals surface area contributed by atoms with E-state index < -0.39 is 0 Å². The lowest BCUT2D eigenvalue weighted by molar-refractivity contribution is 0.540. The standard InChI is InChI=1S/C13H15BrN4S/c1-8(2)18-12(5-6-16-18)17-11-4-3-9(13(15)19)7-10(11)14/h3-8,17H,1-2H3,(H2,15,19). The Morgan fingerprint density at radius 1 is 1.42 bits per heavy atom. The van der Waals surface area contributed by atoms with E-state index in [0.29, 0.717) is 11.0 Å². The summed E-state index contributed by atoms with van der Waals surface area (Å²) in [5.74, 6) is 0.943. The molecule has 0 aliphatic heterocycles. The van der Waals surface area contributed by atoms with Crippen LogP contribution in [0.1, 0.15) is 25.5 Å². The molecule has 3 N–H and O–H groups in total. The molecule has 0 radical (unpaired) electrons. The molecular formula is C13H15BrN4S. The van der Waals surface area contributed by atoms with Gasteiger partial charge >= 0.3 is 0 Å². The van der Waals surface area contributed by atoms with Crippen molar-refractivity contribution in [2.75, 3.05) is 5.32 Å². The summed E-state index contributed by atoms with van der Waals surface area (Å²) in [6.45, 7) is 4.17. The number of nitrogens with two attached hydrogens (primary N) is 1. The number of aromatic nitrogens is 2. The van der Waals surface area contributed by atoms with Gasteiger partial charge in [0.25, 0.3) is 0 Å². The molecule has 0 spiro atoms. The van der Waals surface area contributed by atoms with Crippen LogP contribution in [0.15, 0.2) is 34.9 Å². The highest BCUT2D eigenvalue weighted by Crippen LogP contribution is 2.27. The molecule has 6 heteroatoms. The van der Waals surface area contributed by atoms with E-state index in [-0.39, 0.29) is 0 Å². The maximum atomic E-state index is 5.61. The van der Waals surface area contributed by atoms with Gasteiger partial charge in [-0.2, -0.15) is 5.10 Å². The van der Waals surface area contributed by atoms with Crippen molar-refractivity contribution >= 4 is 44.6 Å². The smallest absolute Gasteiger partial charge is 0.128 e. The van der Waals surface area contributed by atoms with Crippen molar-refractivity contribution < 1.29 is 0 Å². The molecule has 0 amide bonds. The van der Waals surface area contributed by atoms with Gasteiger partial charge in [0, 0.05) is 22.1 Å². The molecule has 19 heavy (non-hydrogen) atoms. The second-order valence-electron chi connectivity index (χ2n) is 4.44. The van der Waals surface area contributed by atoms with Gasteiger partial charge in [-0.3, -0.25) is 0 Å². The average Bonchev–Trinajstić information content (AvgIpc) is 2.79. The van der Waals surface area contributed by atoms with Crippen molar-refractivity contribution in [1.82, 2.24) is 9.78 Å². The normalized spacial score (nSPS) is 10.7. The summed E-state index contributed by atoms with van der Waals surface area (Å²) in [5.41, 5.74) is 7.39. The maximum absolute atomic E-state index is 5.61. The average molecular weight is 339 g/mol. The Morgan fingerprint density at radius 2 is 2.16 bits per heavy atom. The first kappa shape index (κ1) is 14.0. The summed E-state index contributed by atoms with van der Waals surface area (Å²) >= 11 is 8.47. The van der Waals surface area contributed by atoms with Gasteiger partial charge in [0.1, 0.15) is 10.8 Å². The summed E-state index contributed by atoms with van der Waals surface area (Å²) in [6.07, 6.45) is 1.78. The number of nitrogens with one attached hydrogen (secondary N) is 1. The fourth-order valence-electron chi connectivity index (χ4n) is 1.73. The zero-order valence-corrected chi connectivity index (χ0v) is 13.1. The monoisotopic (exact) mass is 338 g/mol. The number of hydrogen-bond acceptors (Lipinski definition) is 3. The highest BCUT2D eigenvalue weighted by Gasteiger charge is 2.08. The van der Waals surface area contributed by atoms with Crippen LogP contribution in [0, 0.1) is 0 Å². The van der Waals surface area contributed by atoms with Crippen LogP contribution in [0.2, 0.25) is 0 Å². The summed E-state index contributed by atoms with van der Waals surface area (Å²) < 4.78 is 2.84. The van der Waals surface area contributed by atoms with Crippen LogP contribution >= 0.6 is 28.1 Å². The molecule has 1 heterocycles. The molecule has 2 rings (SSSR count). The summed E-state index contributed by atoms with van der Waals surface area (Å²) in [7, 11) is 0. The van der Waals surface area contributed by atoms with E-state index in [2.05, 4.69) is 40.2 Å². The lowest BCUT2D eigenvalue weighted by Gasteiger charge is -2.14. The van der Waals surface area contributed by atoms with Crippen LogP contribution in [0.4, 0.5) is 11.5 Å². The first-order chi connectivity index (χ1) is 8.99. The first-order valence-electron chi connectivity index (χ1n) is 5.89. The topological polar surface area (TPSA) is 55.9 Å². The molecule has 1 aromatic carbocycles. The SMILES string of the molecule is CC(C)n1nccc1Nc1ccc(C(N)=S)cc1Br. The minimum absolute atomic E-state index is 0.298. The Hall–Kier alpha value is -1.40. The fourth-order valence-corrected chi connectivity index (χ4v) is 2.34. The zero-order valence-electron chi connectivity index (χ0n) is 10.7. The molecular weight excluding hydrogens is 324 g/mol. The number of halogens is 1. The van der Waals surface area contributed by atoms with Gasteiger partial charge < -0.3 is 11.1 Å². The summed E-state index contributed by atoms with van der Waals surface area (Å²) in [6, 6.07) is 7.98. The molecule has 1 aromatic heterocycles. The van der Waals surface area contributed by atoms with Crippen molar-refractivity contribution in [2.45, 2.75) is 19.9 Å². The molecule has 2 aromatic rings. The van der Waals surface area contributed by atoms with Gasteiger partial charge in [-0.15, -0.1) is 0 Å². The number of nitrogens with zero attached hydrogens (tertiary/aromatic N) is 2. The van der Waals surface area contributed by atoms with Crippen LogP contribution in [-0.2, 0) is 0 Å². The molecule has 0 fully saturated rings. The zero-order chi connectivity index (χ0) is 14.0. The largest absolute Gasteiger partial charge is 0.389 e. The molecule has 0 aliphatic rings. The number of rotatable bonds is 4. The van der Waals surface area contributed by atoms with Crippen LogP contribution in [0.3, 0.4) is 0 Å². The van der Waals surface area contributed by atoms with Gasteiger partial charge in [0.05, 0.1) is 11.9 Å². The minimum atomic E-state index is 0.298.